The molecule has 0 aromatic rings. The minimum absolute atomic E-state index is 0.975. The van der Waals surface area contributed by atoms with Crippen molar-refractivity contribution in [1.29, 1.82) is 0 Å². The molecule has 0 bridgehead atoms. The number of allylic oxidation sites excluding steroid dienone is 1. The van der Waals surface area contributed by atoms with Crippen LogP contribution in [-0.4, -0.2) is 36.9 Å². The van der Waals surface area contributed by atoms with Gasteiger partial charge >= 0.3 is 0 Å². The topological polar surface area (TPSA) is 109 Å². The summed E-state index contributed by atoms with van der Waals surface area (Å²) < 4.78 is 56.9. The first-order chi connectivity index (χ1) is 6.04. The molecule has 0 saturated heterocycles. The molecule has 0 aromatic heterocycles. The van der Waals surface area contributed by atoms with Gasteiger partial charge < -0.3 is 0 Å². The van der Waals surface area contributed by atoms with Gasteiger partial charge in [-0.15, -0.1) is 6.58 Å². The quantitative estimate of drug-likeness (QED) is 0.549. The molecule has 0 fully saturated rings. The van der Waals surface area contributed by atoms with Gasteiger partial charge in [0.15, 0.2) is 0 Å². The molecule has 0 rings (SSSR count). The van der Waals surface area contributed by atoms with Gasteiger partial charge in [-0.25, -0.2) is 0 Å². The first-order valence-corrected chi connectivity index (χ1v) is 6.64. The lowest BCUT2D eigenvalue weighted by Crippen LogP contribution is -2.25. The van der Waals surface area contributed by atoms with Crippen molar-refractivity contribution in [2.45, 2.75) is 19.1 Å². The zero-order valence-corrected chi connectivity index (χ0v) is 9.55. The summed E-state index contributed by atoms with van der Waals surface area (Å²) in [6.07, 6.45) is 1.75. The Kier molecular flexibility index (Phi) is 7.00. The van der Waals surface area contributed by atoms with Gasteiger partial charge in [0.25, 0.3) is 20.2 Å². The Balaban J connectivity index is 0. The van der Waals surface area contributed by atoms with Gasteiger partial charge in [0.2, 0.25) is 0 Å². The lowest BCUT2D eigenvalue weighted by molar-refractivity contribution is 0.460. The lowest BCUT2D eigenvalue weighted by Gasteiger charge is -2.03. The third-order valence-electron chi connectivity index (χ3n) is 0.954. The highest BCUT2D eigenvalue weighted by Gasteiger charge is 2.22. The van der Waals surface area contributed by atoms with Crippen molar-refractivity contribution in [2.24, 2.45) is 0 Å². The Morgan fingerprint density at radius 1 is 1.29 bits per heavy atom. The summed E-state index contributed by atoms with van der Waals surface area (Å²) in [7, 11) is -8.72. The van der Waals surface area contributed by atoms with Crippen molar-refractivity contribution >= 4 is 20.2 Å². The van der Waals surface area contributed by atoms with E-state index in [9.17, 15) is 16.8 Å². The van der Waals surface area contributed by atoms with Crippen LogP contribution in [0.15, 0.2) is 12.7 Å². The second-order valence-electron chi connectivity index (χ2n) is 2.48. The van der Waals surface area contributed by atoms with Crippen molar-refractivity contribution in [3.63, 3.8) is 0 Å². The summed E-state index contributed by atoms with van der Waals surface area (Å²) in [6.45, 7) is 6.23. The standard InChI is InChI=1S/C3H8O6S2.C3H6/c1-3(11(7,8)9)2-10(4,5)6;1-3-2/h3H,2H2,1H3,(H,4,5,6)(H,7,8,9);3H,1H2,2H3. The molecule has 86 valence electrons. The molecule has 8 heteroatoms. The van der Waals surface area contributed by atoms with E-state index in [0.717, 1.165) is 6.92 Å². The smallest absolute Gasteiger partial charge is 0.268 e. The SMILES string of the molecule is C=CC.CC(CS(=O)(=O)O)S(=O)(=O)O. The molecule has 1 atom stereocenters. The lowest BCUT2D eigenvalue weighted by atomic mass is 10.6. The fourth-order valence-corrected chi connectivity index (χ4v) is 2.18. The van der Waals surface area contributed by atoms with E-state index in [-0.39, 0.29) is 0 Å². The van der Waals surface area contributed by atoms with Crippen LogP contribution in [-0.2, 0) is 20.2 Å². The van der Waals surface area contributed by atoms with Crippen LogP contribution in [0.25, 0.3) is 0 Å². The Bertz CT molecular complexity index is 352. The molecule has 2 N–H and O–H groups in total. The van der Waals surface area contributed by atoms with Gasteiger partial charge in [0.05, 0.1) is 11.0 Å². The fraction of sp³-hybridized carbons (Fsp3) is 0.667. The van der Waals surface area contributed by atoms with Crippen LogP contribution in [0.3, 0.4) is 0 Å². The molecule has 0 spiro atoms. The van der Waals surface area contributed by atoms with E-state index in [1.807, 2.05) is 6.92 Å². The first-order valence-electron chi connectivity index (χ1n) is 3.53. The van der Waals surface area contributed by atoms with Crippen LogP contribution in [0.4, 0.5) is 0 Å². The normalized spacial score (nSPS) is 13.7. The number of rotatable bonds is 3. The van der Waals surface area contributed by atoms with E-state index >= 15 is 0 Å². The fourth-order valence-electron chi connectivity index (χ4n) is 0.383. The van der Waals surface area contributed by atoms with Crippen molar-refractivity contribution in [2.75, 3.05) is 5.75 Å². The number of hydrogen-bond acceptors (Lipinski definition) is 4. The molecular weight excluding hydrogens is 232 g/mol. The molecular formula is C6H14O6S2. The van der Waals surface area contributed by atoms with Crippen molar-refractivity contribution in [1.82, 2.24) is 0 Å². The summed E-state index contributed by atoms with van der Waals surface area (Å²) in [6, 6.07) is 0. The maximum absolute atomic E-state index is 10.2. The molecule has 14 heavy (non-hydrogen) atoms. The molecule has 0 saturated carbocycles. The van der Waals surface area contributed by atoms with E-state index in [0.29, 0.717) is 0 Å². The van der Waals surface area contributed by atoms with Gasteiger partial charge in [0.1, 0.15) is 0 Å². The summed E-state index contributed by atoms with van der Waals surface area (Å²) >= 11 is 0. The van der Waals surface area contributed by atoms with Crippen LogP contribution in [0.1, 0.15) is 13.8 Å². The number of hydrogen-bond donors (Lipinski definition) is 2. The molecule has 0 heterocycles. The zero-order chi connectivity index (χ0) is 12.0. The molecule has 6 nitrogen and oxygen atoms in total. The summed E-state index contributed by atoms with van der Waals surface area (Å²) in [5.74, 6) is -0.994. The summed E-state index contributed by atoms with van der Waals surface area (Å²) in [5.41, 5.74) is 0. The maximum atomic E-state index is 10.2. The van der Waals surface area contributed by atoms with Crippen LogP contribution < -0.4 is 0 Å². The Hall–Kier alpha value is -0.440. The highest BCUT2D eigenvalue weighted by molar-refractivity contribution is 7.90. The molecule has 0 aliphatic carbocycles. The minimum atomic E-state index is -4.38. The Morgan fingerprint density at radius 2 is 1.57 bits per heavy atom. The average Bonchev–Trinajstić information content (AvgIpc) is 1.82. The summed E-state index contributed by atoms with van der Waals surface area (Å²) in [5, 5.41) is -1.50. The Labute approximate surface area is 84.1 Å². The van der Waals surface area contributed by atoms with Crippen LogP contribution in [0, 0.1) is 0 Å². The maximum Gasteiger partial charge on any atom is 0.268 e. The van der Waals surface area contributed by atoms with E-state index < -0.39 is 31.2 Å². The van der Waals surface area contributed by atoms with Crippen LogP contribution in [0.5, 0.6) is 0 Å². The molecule has 0 amide bonds. The predicted molar refractivity (Wildman–Crippen MR) is 53.3 cm³/mol. The average molecular weight is 246 g/mol. The van der Waals surface area contributed by atoms with Crippen molar-refractivity contribution in [3.8, 4) is 0 Å². The van der Waals surface area contributed by atoms with Gasteiger partial charge in [-0.2, -0.15) is 16.8 Å². The van der Waals surface area contributed by atoms with Crippen LogP contribution in [0.2, 0.25) is 0 Å². The first kappa shape index (κ1) is 16.0. The van der Waals surface area contributed by atoms with Gasteiger partial charge in [-0.1, -0.05) is 6.08 Å². The minimum Gasteiger partial charge on any atom is -0.286 e. The van der Waals surface area contributed by atoms with Crippen molar-refractivity contribution in [3.05, 3.63) is 12.7 Å². The summed E-state index contributed by atoms with van der Waals surface area (Å²) in [4.78, 5) is 0. The monoisotopic (exact) mass is 246 g/mol. The van der Waals surface area contributed by atoms with E-state index in [1.54, 1.807) is 6.08 Å². The molecule has 0 aliphatic heterocycles. The van der Waals surface area contributed by atoms with Gasteiger partial charge in [-0.05, 0) is 13.8 Å². The third-order valence-corrected chi connectivity index (χ3v) is 3.27. The Morgan fingerprint density at radius 3 is 1.64 bits per heavy atom. The zero-order valence-electron chi connectivity index (χ0n) is 7.91. The predicted octanol–water partition coefficient (Wildman–Crippen LogP) is 0.343. The highest BCUT2D eigenvalue weighted by atomic mass is 32.2. The van der Waals surface area contributed by atoms with Crippen molar-refractivity contribution < 1.29 is 25.9 Å². The van der Waals surface area contributed by atoms with Crippen LogP contribution >= 0.6 is 0 Å². The second-order valence-corrected chi connectivity index (χ2v) is 5.81. The third kappa shape index (κ3) is 11.6. The molecule has 0 radical (unpaired) electrons. The molecule has 1 unspecified atom stereocenters. The van der Waals surface area contributed by atoms with Gasteiger partial charge in [0, 0.05) is 0 Å². The molecule has 0 aliphatic rings. The second kappa shape index (κ2) is 6.12. The highest BCUT2D eigenvalue weighted by Crippen LogP contribution is 2.00. The van der Waals surface area contributed by atoms with E-state index in [2.05, 4.69) is 6.58 Å². The van der Waals surface area contributed by atoms with Gasteiger partial charge in [-0.3, -0.25) is 9.11 Å². The molecule has 0 aromatic carbocycles. The van der Waals surface area contributed by atoms with E-state index in [1.165, 1.54) is 0 Å². The largest absolute Gasteiger partial charge is 0.286 e. The van der Waals surface area contributed by atoms with E-state index in [4.69, 9.17) is 9.11 Å².